The molecular weight excluding hydrogens is 218 g/mol. The number of likely N-dealkylation sites (tertiary alicyclic amines) is 1. The topological polar surface area (TPSA) is 38.8 Å². The van der Waals surface area contributed by atoms with Crippen LogP contribution in [0.3, 0.4) is 0 Å². The molecule has 1 amide bonds. The molecule has 3 aliphatic rings. The number of carbonyl (C=O) groups excluding carboxylic acids is 1. The Hall–Kier alpha value is -0.610. The summed E-state index contributed by atoms with van der Waals surface area (Å²) in [5.41, 5.74) is 0. The summed E-state index contributed by atoms with van der Waals surface area (Å²) in [6.45, 7) is 1.49. The molecule has 1 unspecified atom stereocenters. The Labute approximate surface area is 102 Å². The van der Waals surface area contributed by atoms with E-state index in [4.69, 9.17) is 9.47 Å². The van der Waals surface area contributed by atoms with Crippen LogP contribution in [-0.4, -0.2) is 42.9 Å². The first-order chi connectivity index (χ1) is 8.20. The molecule has 1 spiro atoms. The van der Waals surface area contributed by atoms with Crippen molar-refractivity contribution in [3.8, 4) is 0 Å². The highest BCUT2D eigenvalue weighted by atomic mass is 16.7. The van der Waals surface area contributed by atoms with Crippen LogP contribution < -0.4 is 0 Å². The maximum Gasteiger partial charge on any atom is 0.222 e. The van der Waals surface area contributed by atoms with Crippen LogP contribution in [0, 0.1) is 5.92 Å². The Kier molecular flexibility index (Phi) is 2.87. The lowest BCUT2D eigenvalue weighted by Crippen LogP contribution is -2.42. The van der Waals surface area contributed by atoms with Crippen LogP contribution in [0.5, 0.6) is 0 Å². The molecule has 1 saturated carbocycles. The number of amides is 1. The van der Waals surface area contributed by atoms with Crippen molar-refractivity contribution in [2.24, 2.45) is 5.92 Å². The normalized spacial score (nSPS) is 33.8. The van der Waals surface area contributed by atoms with Crippen LogP contribution in [0.25, 0.3) is 0 Å². The molecule has 2 saturated heterocycles. The van der Waals surface area contributed by atoms with Gasteiger partial charge in [-0.15, -0.1) is 0 Å². The molecule has 0 bridgehead atoms. The molecule has 0 radical (unpaired) electrons. The van der Waals surface area contributed by atoms with Crippen molar-refractivity contribution < 1.29 is 14.3 Å². The minimum Gasteiger partial charge on any atom is -0.348 e. The monoisotopic (exact) mass is 239 g/mol. The number of rotatable bonds is 1. The highest BCUT2D eigenvalue weighted by molar-refractivity contribution is 5.78. The smallest absolute Gasteiger partial charge is 0.222 e. The summed E-state index contributed by atoms with van der Waals surface area (Å²) in [6.07, 6.45) is 6.02. The number of hydrogen-bond acceptors (Lipinski definition) is 3. The van der Waals surface area contributed by atoms with Gasteiger partial charge in [0.05, 0.1) is 13.2 Å². The van der Waals surface area contributed by atoms with E-state index in [0.29, 0.717) is 17.9 Å². The minimum absolute atomic E-state index is 0.266. The van der Waals surface area contributed by atoms with Gasteiger partial charge in [0.2, 0.25) is 5.91 Å². The Morgan fingerprint density at radius 2 is 1.82 bits per heavy atom. The lowest BCUT2D eigenvalue weighted by molar-refractivity contribution is -0.184. The third-order valence-electron chi connectivity index (χ3n) is 4.69. The fraction of sp³-hybridized carbons (Fsp3) is 0.923. The minimum atomic E-state index is -0.266. The maximum atomic E-state index is 11.6. The van der Waals surface area contributed by atoms with Gasteiger partial charge in [0, 0.05) is 32.4 Å². The SMILES string of the molecule is CN1C(=O)CCC1C1CCC2(CC1)OCCO2. The zero-order valence-corrected chi connectivity index (χ0v) is 10.5. The lowest BCUT2D eigenvalue weighted by atomic mass is 9.80. The van der Waals surface area contributed by atoms with Gasteiger partial charge in [0.25, 0.3) is 0 Å². The van der Waals surface area contributed by atoms with Crippen molar-refractivity contribution in [2.75, 3.05) is 20.3 Å². The second-order valence-corrected chi connectivity index (χ2v) is 5.56. The number of carbonyl (C=O) groups is 1. The molecule has 1 aliphatic carbocycles. The number of ether oxygens (including phenoxy) is 2. The van der Waals surface area contributed by atoms with Crippen molar-refractivity contribution in [3.05, 3.63) is 0 Å². The van der Waals surface area contributed by atoms with Gasteiger partial charge in [-0.2, -0.15) is 0 Å². The highest BCUT2D eigenvalue weighted by Crippen LogP contribution is 2.41. The van der Waals surface area contributed by atoms with Crippen LogP contribution in [-0.2, 0) is 14.3 Å². The molecule has 4 nitrogen and oxygen atoms in total. The van der Waals surface area contributed by atoms with Crippen molar-refractivity contribution in [2.45, 2.75) is 50.4 Å². The molecule has 0 N–H and O–H groups in total. The lowest BCUT2D eigenvalue weighted by Gasteiger charge is -2.39. The van der Waals surface area contributed by atoms with Gasteiger partial charge in [0.15, 0.2) is 5.79 Å². The van der Waals surface area contributed by atoms with E-state index in [-0.39, 0.29) is 5.79 Å². The molecule has 17 heavy (non-hydrogen) atoms. The molecule has 0 aromatic rings. The van der Waals surface area contributed by atoms with Gasteiger partial charge in [-0.1, -0.05) is 0 Å². The fourth-order valence-electron chi connectivity index (χ4n) is 3.63. The summed E-state index contributed by atoms with van der Waals surface area (Å²) in [5.74, 6) is 0.686. The molecule has 0 aromatic carbocycles. The molecule has 2 heterocycles. The van der Waals surface area contributed by atoms with E-state index >= 15 is 0 Å². The van der Waals surface area contributed by atoms with Gasteiger partial charge in [-0.3, -0.25) is 4.79 Å². The number of hydrogen-bond donors (Lipinski definition) is 0. The summed E-state index contributed by atoms with van der Waals surface area (Å²) >= 11 is 0. The second-order valence-electron chi connectivity index (χ2n) is 5.56. The first-order valence-corrected chi connectivity index (χ1v) is 6.74. The first-order valence-electron chi connectivity index (χ1n) is 6.74. The van der Waals surface area contributed by atoms with Crippen LogP contribution >= 0.6 is 0 Å². The quantitative estimate of drug-likeness (QED) is 0.696. The molecule has 3 rings (SSSR count). The number of nitrogens with zero attached hydrogens (tertiary/aromatic N) is 1. The Morgan fingerprint density at radius 3 is 2.35 bits per heavy atom. The molecule has 1 atom stereocenters. The molecule has 4 heteroatoms. The van der Waals surface area contributed by atoms with Crippen molar-refractivity contribution in [1.29, 1.82) is 0 Å². The summed E-state index contributed by atoms with van der Waals surface area (Å²) < 4.78 is 11.5. The zero-order valence-electron chi connectivity index (χ0n) is 10.5. The van der Waals surface area contributed by atoms with Crippen molar-refractivity contribution >= 4 is 5.91 Å². The van der Waals surface area contributed by atoms with Crippen molar-refractivity contribution in [1.82, 2.24) is 4.90 Å². The third-order valence-corrected chi connectivity index (χ3v) is 4.69. The molecule has 2 aliphatic heterocycles. The van der Waals surface area contributed by atoms with Gasteiger partial charge in [0.1, 0.15) is 0 Å². The summed E-state index contributed by atoms with van der Waals surface area (Å²) in [7, 11) is 1.95. The van der Waals surface area contributed by atoms with Crippen LogP contribution in [0.4, 0.5) is 0 Å². The molecule has 3 fully saturated rings. The predicted octanol–water partition coefficient (Wildman–Crippen LogP) is 1.54. The van der Waals surface area contributed by atoms with Gasteiger partial charge in [-0.25, -0.2) is 0 Å². The molecular formula is C13H21NO3. The Bertz CT molecular complexity index is 302. The van der Waals surface area contributed by atoms with E-state index in [0.717, 1.165) is 51.7 Å². The Morgan fingerprint density at radius 1 is 1.18 bits per heavy atom. The standard InChI is InChI=1S/C13H21NO3/c1-14-11(2-3-12(14)15)10-4-6-13(7-5-10)16-8-9-17-13/h10-11H,2-9H2,1H3. The van der Waals surface area contributed by atoms with E-state index in [9.17, 15) is 4.79 Å². The molecule has 0 aromatic heterocycles. The maximum absolute atomic E-state index is 11.6. The average molecular weight is 239 g/mol. The second kappa shape index (κ2) is 4.25. The van der Waals surface area contributed by atoms with Crippen molar-refractivity contribution in [3.63, 3.8) is 0 Å². The average Bonchev–Trinajstić information content (AvgIpc) is 2.91. The van der Waals surface area contributed by atoms with Crippen LogP contribution in [0.15, 0.2) is 0 Å². The largest absolute Gasteiger partial charge is 0.348 e. The first kappa shape index (κ1) is 11.5. The summed E-state index contributed by atoms with van der Waals surface area (Å²) in [5, 5.41) is 0. The third kappa shape index (κ3) is 1.97. The van der Waals surface area contributed by atoms with Gasteiger partial charge in [-0.05, 0) is 25.2 Å². The predicted molar refractivity (Wildman–Crippen MR) is 62.4 cm³/mol. The van der Waals surface area contributed by atoms with E-state index in [1.54, 1.807) is 0 Å². The van der Waals surface area contributed by atoms with Crippen LogP contribution in [0.1, 0.15) is 38.5 Å². The van der Waals surface area contributed by atoms with Gasteiger partial charge < -0.3 is 14.4 Å². The van der Waals surface area contributed by atoms with E-state index in [1.807, 2.05) is 11.9 Å². The van der Waals surface area contributed by atoms with E-state index in [2.05, 4.69) is 0 Å². The highest BCUT2D eigenvalue weighted by Gasteiger charge is 2.44. The fourth-order valence-corrected chi connectivity index (χ4v) is 3.63. The van der Waals surface area contributed by atoms with Crippen LogP contribution in [0.2, 0.25) is 0 Å². The molecule has 96 valence electrons. The van der Waals surface area contributed by atoms with Gasteiger partial charge >= 0.3 is 0 Å². The summed E-state index contributed by atoms with van der Waals surface area (Å²) in [6, 6.07) is 0.459. The Balaban J connectivity index is 1.59. The van der Waals surface area contributed by atoms with E-state index < -0.39 is 0 Å². The summed E-state index contributed by atoms with van der Waals surface area (Å²) in [4.78, 5) is 13.5. The zero-order chi connectivity index (χ0) is 11.9. The van der Waals surface area contributed by atoms with E-state index in [1.165, 1.54) is 0 Å².